The molecule has 0 amide bonds. The Morgan fingerprint density at radius 1 is 0.844 bits per heavy atom. The third-order valence-electron chi connectivity index (χ3n) is 5.93. The second-order valence-corrected chi connectivity index (χ2v) is 7.91. The fraction of sp³-hybridized carbons (Fsp3) is 0.240. The number of hydrogen-bond acceptors (Lipinski definition) is 6. The van der Waals surface area contributed by atoms with Gasteiger partial charge in [-0.1, -0.05) is 12.1 Å². The predicted molar refractivity (Wildman–Crippen MR) is 125 cm³/mol. The first-order valence-electron chi connectivity index (χ1n) is 10.7. The van der Waals surface area contributed by atoms with Gasteiger partial charge in [0.25, 0.3) is 0 Å². The predicted octanol–water partition coefficient (Wildman–Crippen LogP) is 4.47. The molecule has 0 unspecified atom stereocenters. The highest BCUT2D eigenvalue weighted by Gasteiger charge is 2.21. The highest BCUT2D eigenvalue weighted by Crippen LogP contribution is 2.30. The summed E-state index contributed by atoms with van der Waals surface area (Å²) in [4.78, 5) is 9.44. The number of benzene rings is 2. The molecule has 3 heterocycles. The molecule has 1 fully saturated rings. The minimum atomic E-state index is -0.259. The van der Waals surface area contributed by atoms with Crippen LogP contribution in [-0.4, -0.2) is 48.5 Å². The number of fused-ring (bicyclic) bond motifs is 1. The second-order valence-electron chi connectivity index (χ2n) is 7.91. The molecule has 1 saturated heterocycles. The summed E-state index contributed by atoms with van der Waals surface area (Å²) in [6, 6.07) is 18.4. The lowest BCUT2D eigenvalue weighted by Gasteiger charge is -2.36. The summed E-state index contributed by atoms with van der Waals surface area (Å²) >= 11 is 0. The van der Waals surface area contributed by atoms with Crippen LogP contribution < -0.4 is 14.5 Å². The minimum Gasteiger partial charge on any atom is -0.494 e. The SMILES string of the molecule is COc1cccc2c(C)cc(N3CCN(c4ccc(-c5ccc(F)cc5)nn4)CC3)nc12. The third-order valence-corrected chi connectivity index (χ3v) is 5.93. The Hall–Kier alpha value is -3.74. The van der Waals surface area contributed by atoms with Crippen molar-refractivity contribution in [2.75, 3.05) is 43.1 Å². The first-order valence-corrected chi connectivity index (χ1v) is 10.7. The van der Waals surface area contributed by atoms with E-state index < -0.39 is 0 Å². The third kappa shape index (κ3) is 3.82. The summed E-state index contributed by atoms with van der Waals surface area (Å²) in [6.45, 7) is 5.45. The summed E-state index contributed by atoms with van der Waals surface area (Å²) in [5.41, 5.74) is 3.67. The van der Waals surface area contributed by atoms with Crippen molar-refractivity contribution in [3.63, 3.8) is 0 Å². The zero-order valence-corrected chi connectivity index (χ0v) is 18.1. The van der Waals surface area contributed by atoms with Gasteiger partial charge < -0.3 is 14.5 Å². The molecule has 32 heavy (non-hydrogen) atoms. The number of rotatable bonds is 4. The van der Waals surface area contributed by atoms with Gasteiger partial charge in [-0.05, 0) is 61.0 Å². The highest BCUT2D eigenvalue weighted by molar-refractivity contribution is 5.89. The summed E-state index contributed by atoms with van der Waals surface area (Å²) in [5, 5.41) is 9.86. The number of methoxy groups -OCH3 is 1. The Morgan fingerprint density at radius 3 is 2.22 bits per heavy atom. The fourth-order valence-electron chi connectivity index (χ4n) is 4.13. The molecule has 0 spiro atoms. The molecule has 0 N–H and O–H groups in total. The Bertz CT molecular complexity index is 1240. The molecule has 162 valence electrons. The van der Waals surface area contributed by atoms with Crippen molar-refractivity contribution < 1.29 is 9.13 Å². The minimum absolute atomic E-state index is 0.259. The van der Waals surface area contributed by atoms with E-state index in [1.54, 1.807) is 19.2 Å². The number of nitrogens with zero attached hydrogens (tertiary/aromatic N) is 5. The van der Waals surface area contributed by atoms with Crippen LogP contribution in [0.2, 0.25) is 0 Å². The Kier molecular flexibility index (Phi) is 5.31. The van der Waals surface area contributed by atoms with E-state index >= 15 is 0 Å². The average Bonchev–Trinajstić information content (AvgIpc) is 2.84. The summed E-state index contributed by atoms with van der Waals surface area (Å²) in [7, 11) is 1.68. The van der Waals surface area contributed by atoms with Gasteiger partial charge in [0, 0.05) is 37.1 Å². The lowest BCUT2D eigenvalue weighted by molar-refractivity contribution is 0.419. The maximum absolute atomic E-state index is 13.1. The molecule has 0 saturated carbocycles. The second kappa shape index (κ2) is 8.42. The number of pyridine rings is 1. The molecule has 6 nitrogen and oxygen atoms in total. The van der Waals surface area contributed by atoms with Crippen LogP contribution in [0.1, 0.15) is 5.56 Å². The van der Waals surface area contributed by atoms with E-state index in [0.29, 0.717) is 0 Å². The van der Waals surface area contributed by atoms with Gasteiger partial charge in [0.1, 0.15) is 22.9 Å². The quantitative estimate of drug-likeness (QED) is 0.477. The highest BCUT2D eigenvalue weighted by atomic mass is 19.1. The Morgan fingerprint density at radius 2 is 1.56 bits per heavy atom. The van der Waals surface area contributed by atoms with E-state index in [1.807, 2.05) is 24.3 Å². The van der Waals surface area contributed by atoms with E-state index in [2.05, 4.69) is 39.1 Å². The zero-order chi connectivity index (χ0) is 22.1. The lowest BCUT2D eigenvalue weighted by Crippen LogP contribution is -2.47. The van der Waals surface area contributed by atoms with Crippen LogP contribution >= 0.6 is 0 Å². The number of ether oxygens (including phenoxy) is 1. The standard InChI is InChI=1S/C25H24FN5O/c1-17-16-24(27-25-20(17)4-3-5-22(25)32-2)31-14-12-30(13-15-31)23-11-10-21(28-29-23)18-6-8-19(26)9-7-18/h3-11,16H,12-15H2,1-2H3. The van der Waals surface area contributed by atoms with Crippen LogP contribution in [0.15, 0.2) is 60.7 Å². The van der Waals surface area contributed by atoms with Crippen molar-refractivity contribution in [3.05, 3.63) is 72.0 Å². The largest absolute Gasteiger partial charge is 0.494 e. The summed E-state index contributed by atoms with van der Waals surface area (Å²) in [5.74, 6) is 2.35. The molecule has 2 aromatic heterocycles. The molecule has 4 aromatic rings. The number of hydrogen-bond donors (Lipinski definition) is 0. The monoisotopic (exact) mass is 429 g/mol. The zero-order valence-electron chi connectivity index (χ0n) is 18.1. The van der Waals surface area contributed by atoms with Crippen LogP contribution in [0.4, 0.5) is 16.0 Å². The molecule has 7 heteroatoms. The van der Waals surface area contributed by atoms with E-state index in [9.17, 15) is 4.39 Å². The van der Waals surface area contributed by atoms with Gasteiger partial charge in [-0.15, -0.1) is 10.2 Å². The topological polar surface area (TPSA) is 54.4 Å². The van der Waals surface area contributed by atoms with Crippen molar-refractivity contribution in [1.29, 1.82) is 0 Å². The number of halogens is 1. The van der Waals surface area contributed by atoms with Gasteiger partial charge in [-0.3, -0.25) is 0 Å². The summed E-state index contributed by atoms with van der Waals surface area (Å²) < 4.78 is 18.7. The van der Waals surface area contributed by atoms with Crippen LogP contribution in [0.3, 0.4) is 0 Å². The lowest BCUT2D eigenvalue weighted by atomic mass is 10.1. The molecule has 2 aromatic carbocycles. The normalized spacial score (nSPS) is 14.1. The van der Waals surface area contributed by atoms with Crippen LogP contribution in [0.25, 0.3) is 22.2 Å². The van der Waals surface area contributed by atoms with Gasteiger partial charge in [0.15, 0.2) is 5.82 Å². The Labute approximate surface area is 186 Å². The molecular formula is C25H24FN5O. The van der Waals surface area contributed by atoms with Crippen LogP contribution in [-0.2, 0) is 0 Å². The van der Waals surface area contributed by atoms with E-state index in [1.165, 1.54) is 17.7 Å². The van der Waals surface area contributed by atoms with Crippen LogP contribution in [0.5, 0.6) is 5.75 Å². The molecular weight excluding hydrogens is 405 g/mol. The maximum atomic E-state index is 13.1. The van der Waals surface area contributed by atoms with E-state index in [0.717, 1.165) is 65.7 Å². The van der Waals surface area contributed by atoms with Gasteiger partial charge in [-0.2, -0.15) is 0 Å². The van der Waals surface area contributed by atoms with Crippen LogP contribution in [0, 0.1) is 12.7 Å². The fourth-order valence-corrected chi connectivity index (χ4v) is 4.13. The van der Waals surface area contributed by atoms with E-state index in [4.69, 9.17) is 9.72 Å². The summed E-state index contributed by atoms with van der Waals surface area (Å²) in [6.07, 6.45) is 0. The number of piperazine rings is 1. The number of para-hydroxylation sites is 1. The van der Waals surface area contributed by atoms with Crippen molar-refractivity contribution in [2.24, 2.45) is 0 Å². The molecule has 1 aliphatic heterocycles. The average molecular weight is 429 g/mol. The van der Waals surface area contributed by atoms with Gasteiger partial charge in [-0.25, -0.2) is 9.37 Å². The molecule has 5 rings (SSSR count). The molecule has 0 atom stereocenters. The van der Waals surface area contributed by atoms with E-state index in [-0.39, 0.29) is 5.82 Å². The van der Waals surface area contributed by atoms with Gasteiger partial charge >= 0.3 is 0 Å². The molecule has 1 aliphatic rings. The molecule has 0 radical (unpaired) electrons. The number of anilines is 2. The molecule has 0 bridgehead atoms. The smallest absolute Gasteiger partial charge is 0.151 e. The number of aryl methyl sites for hydroxylation is 1. The van der Waals surface area contributed by atoms with Crippen molar-refractivity contribution in [2.45, 2.75) is 6.92 Å². The first-order chi connectivity index (χ1) is 15.6. The number of aromatic nitrogens is 3. The van der Waals surface area contributed by atoms with Gasteiger partial charge in [0.2, 0.25) is 0 Å². The van der Waals surface area contributed by atoms with Crippen molar-refractivity contribution in [3.8, 4) is 17.0 Å². The first kappa shape index (κ1) is 20.2. The Balaban J connectivity index is 1.30. The van der Waals surface area contributed by atoms with Crippen molar-refractivity contribution in [1.82, 2.24) is 15.2 Å². The van der Waals surface area contributed by atoms with Crippen molar-refractivity contribution >= 4 is 22.5 Å². The van der Waals surface area contributed by atoms with Gasteiger partial charge in [0.05, 0.1) is 12.8 Å². The maximum Gasteiger partial charge on any atom is 0.151 e. The molecule has 0 aliphatic carbocycles.